The fourth-order valence-electron chi connectivity index (χ4n) is 1.96. The van der Waals surface area contributed by atoms with Crippen LogP contribution in [-0.4, -0.2) is 30.3 Å². The van der Waals surface area contributed by atoms with E-state index in [0.717, 1.165) is 36.7 Å². The van der Waals surface area contributed by atoms with Crippen LogP contribution in [-0.2, 0) is 11.3 Å². The van der Waals surface area contributed by atoms with Crippen LogP contribution in [0.3, 0.4) is 0 Å². The van der Waals surface area contributed by atoms with Crippen LogP contribution in [0.25, 0.3) is 0 Å². The third-order valence-corrected chi connectivity index (χ3v) is 3.05. The van der Waals surface area contributed by atoms with E-state index in [1.54, 1.807) is 0 Å². The third-order valence-electron chi connectivity index (χ3n) is 3.05. The molecule has 1 aromatic rings. The molecule has 0 fully saturated rings. The van der Waals surface area contributed by atoms with Gasteiger partial charge in [0.1, 0.15) is 6.61 Å². The summed E-state index contributed by atoms with van der Waals surface area (Å²) in [6.45, 7) is 15.4. The first-order chi connectivity index (χ1) is 9.83. The number of aromatic nitrogens is 1. The average molecular weight is 294 g/mol. The predicted octanol–water partition coefficient (Wildman–Crippen LogP) is 3.39. The first kappa shape index (κ1) is 17.9. The second-order valence-corrected chi connectivity index (χ2v) is 6.43. The molecule has 0 aliphatic heterocycles. The zero-order valence-electron chi connectivity index (χ0n) is 14.4. The number of rotatable bonds is 8. The Kier molecular flexibility index (Phi) is 7.12. The monoisotopic (exact) mass is 294 g/mol. The van der Waals surface area contributed by atoms with Gasteiger partial charge >= 0.3 is 0 Å². The molecule has 21 heavy (non-hydrogen) atoms. The standard InChI is InChI=1S/C17H30N2O2/c1-7-8-20-9-10-21-16-15(12-18-17(4,5)6)13(2)11-14(3)19-16/h11,18H,7-10,12H2,1-6H3. The van der Waals surface area contributed by atoms with Gasteiger partial charge in [0, 0.05) is 29.9 Å². The van der Waals surface area contributed by atoms with Gasteiger partial charge in [-0.2, -0.15) is 0 Å². The molecule has 120 valence electrons. The maximum Gasteiger partial charge on any atom is 0.218 e. The van der Waals surface area contributed by atoms with Crippen molar-refractivity contribution in [3.63, 3.8) is 0 Å². The Bertz CT molecular complexity index is 439. The van der Waals surface area contributed by atoms with E-state index in [1.165, 1.54) is 5.56 Å². The lowest BCUT2D eigenvalue weighted by Gasteiger charge is -2.22. The van der Waals surface area contributed by atoms with Crippen LogP contribution in [0.2, 0.25) is 0 Å². The summed E-state index contributed by atoms with van der Waals surface area (Å²) in [5.74, 6) is 0.726. The van der Waals surface area contributed by atoms with E-state index in [2.05, 4.69) is 51.0 Å². The Morgan fingerprint density at radius 2 is 1.86 bits per heavy atom. The summed E-state index contributed by atoms with van der Waals surface area (Å²) in [4.78, 5) is 4.53. The number of hydrogen-bond donors (Lipinski definition) is 1. The van der Waals surface area contributed by atoms with Gasteiger partial charge in [-0.1, -0.05) is 6.92 Å². The van der Waals surface area contributed by atoms with Crippen molar-refractivity contribution in [3.8, 4) is 5.88 Å². The lowest BCUT2D eigenvalue weighted by atomic mass is 10.1. The fourth-order valence-corrected chi connectivity index (χ4v) is 1.96. The van der Waals surface area contributed by atoms with E-state index < -0.39 is 0 Å². The van der Waals surface area contributed by atoms with Crippen LogP contribution in [0.15, 0.2) is 6.07 Å². The second-order valence-electron chi connectivity index (χ2n) is 6.43. The minimum atomic E-state index is 0.0683. The largest absolute Gasteiger partial charge is 0.475 e. The van der Waals surface area contributed by atoms with Crippen molar-refractivity contribution >= 4 is 0 Å². The van der Waals surface area contributed by atoms with Crippen molar-refractivity contribution in [1.29, 1.82) is 0 Å². The minimum Gasteiger partial charge on any atom is -0.475 e. The lowest BCUT2D eigenvalue weighted by molar-refractivity contribution is 0.0984. The van der Waals surface area contributed by atoms with E-state index >= 15 is 0 Å². The summed E-state index contributed by atoms with van der Waals surface area (Å²) in [6.07, 6.45) is 1.03. The Morgan fingerprint density at radius 1 is 1.14 bits per heavy atom. The molecule has 0 saturated heterocycles. The van der Waals surface area contributed by atoms with Gasteiger partial charge in [0.15, 0.2) is 0 Å². The van der Waals surface area contributed by atoms with E-state index in [0.29, 0.717) is 13.2 Å². The van der Waals surface area contributed by atoms with Crippen molar-refractivity contribution in [3.05, 3.63) is 22.9 Å². The van der Waals surface area contributed by atoms with Crippen LogP contribution in [0.5, 0.6) is 5.88 Å². The molecular formula is C17H30N2O2. The van der Waals surface area contributed by atoms with Crippen molar-refractivity contribution < 1.29 is 9.47 Å². The first-order valence-corrected chi connectivity index (χ1v) is 7.76. The van der Waals surface area contributed by atoms with Crippen LogP contribution in [0, 0.1) is 13.8 Å². The van der Waals surface area contributed by atoms with Gasteiger partial charge in [-0.3, -0.25) is 0 Å². The quantitative estimate of drug-likeness (QED) is 0.746. The average Bonchev–Trinajstić information content (AvgIpc) is 2.36. The van der Waals surface area contributed by atoms with Gasteiger partial charge in [0.25, 0.3) is 0 Å². The first-order valence-electron chi connectivity index (χ1n) is 7.76. The molecule has 4 nitrogen and oxygen atoms in total. The zero-order chi connectivity index (χ0) is 15.9. The third kappa shape index (κ3) is 6.91. The summed E-state index contributed by atoms with van der Waals surface area (Å²) in [5.41, 5.74) is 3.39. The topological polar surface area (TPSA) is 43.4 Å². The number of hydrogen-bond acceptors (Lipinski definition) is 4. The highest BCUT2D eigenvalue weighted by Gasteiger charge is 2.14. The van der Waals surface area contributed by atoms with Gasteiger partial charge in [-0.05, 0) is 52.7 Å². The molecule has 0 unspecified atom stereocenters. The van der Waals surface area contributed by atoms with Crippen molar-refractivity contribution in [1.82, 2.24) is 10.3 Å². The highest BCUT2D eigenvalue weighted by Crippen LogP contribution is 2.21. The molecule has 1 aromatic heterocycles. The molecule has 4 heteroatoms. The number of nitrogens with zero attached hydrogens (tertiary/aromatic N) is 1. The van der Waals surface area contributed by atoms with Crippen LogP contribution in [0.1, 0.15) is 50.9 Å². The van der Waals surface area contributed by atoms with Crippen LogP contribution < -0.4 is 10.1 Å². The van der Waals surface area contributed by atoms with Crippen LogP contribution >= 0.6 is 0 Å². The highest BCUT2D eigenvalue weighted by molar-refractivity contribution is 5.36. The maximum atomic E-state index is 5.83. The van der Waals surface area contributed by atoms with E-state index in [1.807, 2.05) is 6.92 Å². The van der Waals surface area contributed by atoms with E-state index in [9.17, 15) is 0 Å². The summed E-state index contributed by atoms with van der Waals surface area (Å²) >= 11 is 0. The SMILES string of the molecule is CCCOCCOc1nc(C)cc(C)c1CNC(C)(C)C. The maximum absolute atomic E-state index is 5.83. The van der Waals surface area contributed by atoms with Gasteiger partial charge in [-0.15, -0.1) is 0 Å². The summed E-state index contributed by atoms with van der Waals surface area (Å²) in [7, 11) is 0. The van der Waals surface area contributed by atoms with Gasteiger partial charge in [-0.25, -0.2) is 4.98 Å². The molecule has 0 amide bonds. The molecule has 1 heterocycles. The number of ether oxygens (including phenoxy) is 2. The Morgan fingerprint density at radius 3 is 2.48 bits per heavy atom. The number of aryl methyl sites for hydroxylation is 2. The molecule has 0 atom stereocenters. The molecule has 0 radical (unpaired) electrons. The fraction of sp³-hybridized carbons (Fsp3) is 0.706. The Hall–Kier alpha value is -1.13. The normalized spacial score (nSPS) is 11.7. The molecule has 0 bridgehead atoms. The van der Waals surface area contributed by atoms with Crippen molar-refractivity contribution in [2.24, 2.45) is 0 Å². The van der Waals surface area contributed by atoms with Crippen molar-refractivity contribution in [2.45, 2.75) is 60.0 Å². The molecular weight excluding hydrogens is 264 g/mol. The zero-order valence-corrected chi connectivity index (χ0v) is 14.4. The predicted molar refractivity (Wildman–Crippen MR) is 86.9 cm³/mol. The molecule has 0 spiro atoms. The Labute approximate surface area is 129 Å². The van der Waals surface area contributed by atoms with Crippen LogP contribution in [0.4, 0.5) is 0 Å². The van der Waals surface area contributed by atoms with E-state index in [-0.39, 0.29) is 5.54 Å². The number of nitrogens with one attached hydrogen (secondary N) is 1. The minimum absolute atomic E-state index is 0.0683. The number of pyridine rings is 1. The lowest BCUT2D eigenvalue weighted by Crippen LogP contribution is -2.35. The van der Waals surface area contributed by atoms with Gasteiger partial charge in [0.05, 0.1) is 6.61 Å². The highest BCUT2D eigenvalue weighted by atomic mass is 16.5. The second kappa shape index (κ2) is 8.35. The van der Waals surface area contributed by atoms with Gasteiger partial charge < -0.3 is 14.8 Å². The van der Waals surface area contributed by atoms with Crippen molar-refractivity contribution in [2.75, 3.05) is 19.8 Å². The molecule has 1 rings (SSSR count). The summed E-state index contributed by atoms with van der Waals surface area (Å²) in [5, 5.41) is 3.50. The Balaban J connectivity index is 2.71. The molecule has 0 aromatic carbocycles. The summed E-state index contributed by atoms with van der Waals surface area (Å²) in [6, 6.07) is 2.10. The summed E-state index contributed by atoms with van der Waals surface area (Å²) < 4.78 is 11.3. The molecule has 1 N–H and O–H groups in total. The molecule has 0 saturated carbocycles. The smallest absolute Gasteiger partial charge is 0.218 e. The molecule has 0 aliphatic rings. The van der Waals surface area contributed by atoms with E-state index in [4.69, 9.17) is 9.47 Å². The molecule has 0 aliphatic carbocycles. The van der Waals surface area contributed by atoms with Gasteiger partial charge in [0.2, 0.25) is 5.88 Å².